The van der Waals surface area contributed by atoms with Crippen LogP contribution in [0.15, 0.2) is 53.4 Å². The normalized spacial score (nSPS) is 12.3. The van der Waals surface area contributed by atoms with Crippen molar-refractivity contribution in [1.82, 2.24) is 9.97 Å². The molecule has 1 unspecified atom stereocenters. The molecular formula is C18H17FN2O2S. The minimum atomic E-state index is -1.03. The summed E-state index contributed by atoms with van der Waals surface area (Å²) in [6.07, 6.45) is 1.64. The molecule has 1 atom stereocenters. The highest BCUT2D eigenvalue weighted by Crippen LogP contribution is 2.31. The van der Waals surface area contributed by atoms with E-state index in [1.807, 2.05) is 24.3 Å². The molecule has 0 saturated heterocycles. The van der Waals surface area contributed by atoms with E-state index >= 15 is 0 Å². The van der Waals surface area contributed by atoms with Gasteiger partial charge in [0.15, 0.2) is 4.90 Å². The minimum Gasteiger partial charge on any atom is -0.612 e. The fourth-order valence-corrected chi connectivity index (χ4v) is 2.99. The lowest BCUT2D eigenvalue weighted by Crippen LogP contribution is -1.96. The maximum atomic E-state index is 13.2. The Labute approximate surface area is 142 Å². The summed E-state index contributed by atoms with van der Waals surface area (Å²) in [5, 5.41) is 0. The number of halogens is 1. The number of imidazole rings is 1. The highest BCUT2D eigenvalue weighted by atomic mass is 32.2. The van der Waals surface area contributed by atoms with Crippen LogP contribution in [-0.4, -0.2) is 27.9 Å². The lowest BCUT2D eigenvalue weighted by molar-refractivity contribution is 0.178. The van der Waals surface area contributed by atoms with Crippen molar-refractivity contribution in [3.63, 3.8) is 0 Å². The zero-order valence-corrected chi connectivity index (χ0v) is 14.2. The number of nitrogens with one attached hydrogen (secondary N) is 1. The van der Waals surface area contributed by atoms with Gasteiger partial charge in [0.2, 0.25) is 0 Å². The van der Waals surface area contributed by atoms with E-state index in [0.29, 0.717) is 12.4 Å². The molecule has 3 aromatic rings. The van der Waals surface area contributed by atoms with Gasteiger partial charge in [-0.3, -0.25) is 0 Å². The Hall–Kier alpha value is -2.15. The van der Waals surface area contributed by atoms with Crippen molar-refractivity contribution in [2.45, 2.75) is 11.5 Å². The third-order valence-corrected chi connectivity index (χ3v) is 4.56. The van der Waals surface area contributed by atoms with Gasteiger partial charge in [-0.05, 0) is 59.7 Å². The molecule has 124 valence electrons. The summed E-state index contributed by atoms with van der Waals surface area (Å²) in [6, 6.07) is 13.7. The highest BCUT2D eigenvalue weighted by Gasteiger charge is 2.15. The average Bonchev–Trinajstić information content (AvgIpc) is 3.00. The van der Waals surface area contributed by atoms with Gasteiger partial charge in [-0.1, -0.05) is 0 Å². The molecule has 0 saturated carbocycles. The van der Waals surface area contributed by atoms with E-state index in [2.05, 4.69) is 9.97 Å². The van der Waals surface area contributed by atoms with Crippen LogP contribution in [0.4, 0.5) is 4.39 Å². The van der Waals surface area contributed by atoms with Gasteiger partial charge in [0, 0.05) is 18.2 Å². The monoisotopic (exact) mass is 344 g/mol. The molecule has 24 heavy (non-hydrogen) atoms. The van der Waals surface area contributed by atoms with Crippen LogP contribution in [0.1, 0.15) is 5.82 Å². The van der Waals surface area contributed by atoms with Crippen LogP contribution < -0.4 is 0 Å². The fourth-order valence-electron chi connectivity index (χ4n) is 2.47. The number of methoxy groups -OCH3 is 1. The number of hydrogen-bond acceptors (Lipinski definition) is 3. The smallest absolute Gasteiger partial charge is 0.152 e. The number of benzene rings is 2. The molecule has 4 nitrogen and oxygen atoms in total. The molecule has 2 aromatic carbocycles. The molecule has 0 aliphatic heterocycles. The van der Waals surface area contributed by atoms with Gasteiger partial charge in [-0.15, -0.1) is 0 Å². The third kappa shape index (κ3) is 3.51. The lowest BCUT2D eigenvalue weighted by Gasteiger charge is -2.06. The quantitative estimate of drug-likeness (QED) is 0.717. The van der Waals surface area contributed by atoms with Crippen LogP contribution in [0.2, 0.25) is 0 Å². The first-order valence-corrected chi connectivity index (χ1v) is 8.92. The second-order valence-corrected chi connectivity index (χ2v) is 6.71. The number of aromatic amines is 1. The molecule has 0 aliphatic carbocycles. The number of ether oxygens (including phenoxy) is 1. The standard InChI is InChI=1S/C18H17FN2O2S/c1-23-11-16-20-17(12-3-7-14(19)8-4-12)18(21-16)13-5-9-15(10-6-13)24(2)22/h3-10H,11H2,1-2H3,(H,20,21). The summed E-state index contributed by atoms with van der Waals surface area (Å²) in [5.74, 6) is 0.404. The Balaban J connectivity index is 2.06. The first-order valence-electron chi connectivity index (χ1n) is 7.36. The van der Waals surface area contributed by atoms with Crippen LogP contribution in [0.25, 0.3) is 22.5 Å². The van der Waals surface area contributed by atoms with Gasteiger partial charge in [-0.2, -0.15) is 0 Å². The van der Waals surface area contributed by atoms with Crippen molar-refractivity contribution in [1.29, 1.82) is 0 Å². The minimum absolute atomic E-state index is 0.285. The Bertz CT molecular complexity index is 814. The molecule has 1 aromatic heterocycles. The summed E-state index contributed by atoms with van der Waals surface area (Å²) in [5.41, 5.74) is 3.28. The molecule has 6 heteroatoms. The average molecular weight is 344 g/mol. The number of nitrogens with zero attached hydrogens (tertiary/aromatic N) is 1. The summed E-state index contributed by atoms with van der Waals surface area (Å²) >= 11 is -1.03. The number of aromatic nitrogens is 2. The van der Waals surface area contributed by atoms with Crippen molar-refractivity contribution >= 4 is 11.2 Å². The van der Waals surface area contributed by atoms with E-state index in [-0.39, 0.29) is 5.82 Å². The fraction of sp³-hybridized carbons (Fsp3) is 0.167. The van der Waals surface area contributed by atoms with E-state index in [1.165, 1.54) is 12.1 Å². The van der Waals surface area contributed by atoms with Crippen molar-refractivity contribution in [3.05, 3.63) is 60.2 Å². The Morgan fingerprint density at radius 1 is 1.08 bits per heavy atom. The number of hydrogen-bond donors (Lipinski definition) is 1. The predicted octanol–water partition coefficient (Wildman–Crippen LogP) is 3.77. The van der Waals surface area contributed by atoms with Gasteiger partial charge in [0.1, 0.15) is 24.5 Å². The zero-order valence-electron chi connectivity index (χ0n) is 13.4. The Morgan fingerprint density at radius 3 is 2.29 bits per heavy atom. The molecule has 0 aliphatic rings. The van der Waals surface area contributed by atoms with Crippen molar-refractivity contribution in [2.24, 2.45) is 0 Å². The molecular weight excluding hydrogens is 327 g/mol. The Morgan fingerprint density at radius 2 is 1.71 bits per heavy atom. The van der Waals surface area contributed by atoms with Gasteiger partial charge in [-0.25, -0.2) is 9.37 Å². The van der Waals surface area contributed by atoms with E-state index < -0.39 is 11.2 Å². The van der Waals surface area contributed by atoms with Crippen molar-refractivity contribution < 1.29 is 13.7 Å². The molecule has 3 rings (SSSR count). The Kier molecular flexibility index (Phi) is 4.99. The van der Waals surface area contributed by atoms with E-state index in [9.17, 15) is 8.94 Å². The maximum absolute atomic E-state index is 13.2. The van der Waals surface area contributed by atoms with E-state index in [4.69, 9.17) is 4.74 Å². The molecule has 0 amide bonds. The molecule has 0 spiro atoms. The van der Waals surface area contributed by atoms with Gasteiger partial charge >= 0.3 is 0 Å². The second-order valence-electron chi connectivity index (χ2n) is 5.33. The summed E-state index contributed by atoms with van der Waals surface area (Å²) in [4.78, 5) is 8.59. The van der Waals surface area contributed by atoms with Crippen LogP contribution in [0.5, 0.6) is 0 Å². The molecule has 0 fully saturated rings. The first-order chi connectivity index (χ1) is 11.6. The largest absolute Gasteiger partial charge is 0.612 e. The van der Waals surface area contributed by atoms with Gasteiger partial charge in [0.05, 0.1) is 11.4 Å². The van der Waals surface area contributed by atoms with Crippen LogP contribution >= 0.6 is 0 Å². The summed E-state index contributed by atoms with van der Waals surface area (Å²) in [6.45, 7) is 0.352. The maximum Gasteiger partial charge on any atom is 0.152 e. The van der Waals surface area contributed by atoms with Crippen LogP contribution in [0.3, 0.4) is 0 Å². The summed E-state index contributed by atoms with van der Waals surface area (Å²) < 4.78 is 29.9. The predicted molar refractivity (Wildman–Crippen MR) is 92.5 cm³/mol. The topological polar surface area (TPSA) is 61.0 Å². The SMILES string of the molecule is COCc1nc(-c2ccc([S+](C)[O-])cc2)c(-c2ccc(F)cc2)[nH]1. The molecule has 0 bridgehead atoms. The first kappa shape index (κ1) is 16.7. The van der Waals surface area contributed by atoms with Crippen LogP contribution in [-0.2, 0) is 22.5 Å². The number of H-pyrrole nitrogens is 1. The van der Waals surface area contributed by atoms with Gasteiger partial charge in [0.25, 0.3) is 0 Å². The van der Waals surface area contributed by atoms with E-state index in [0.717, 1.165) is 27.4 Å². The summed E-state index contributed by atoms with van der Waals surface area (Å²) in [7, 11) is 1.60. The van der Waals surface area contributed by atoms with Crippen LogP contribution in [0, 0.1) is 5.82 Å². The molecule has 1 heterocycles. The highest BCUT2D eigenvalue weighted by molar-refractivity contribution is 7.90. The van der Waals surface area contributed by atoms with E-state index in [1.54, 1.807) is 25.5 Å². The third-order valence-electron chi connectivity index (χ3n) is 3.63. The van der Waals surface area contributed by atoms with Gasteiger partial charge < -0.3 is 14.3 Å². The van der Waals surface area contributed by atoms with Crippen molar-refractivity contribution in [3.8, 4) is 22.5 Å². The molecule has 0 radical (unpaired) electrons. The second kappa shape index (κ2) is 7.17. The lowest BCUT2D eigenvalue weighted by atomic mass is 10.1. The number of rotatable bonds is 5. The molecule has 1 N–H and O–H groups in total. The van der Waals surface area contributed by atoms with Crippen molar-refractivity contribution in [2.75, 3.05) is 13.4 Å². The zero-order chi connectivity index (χ0) is 17.1.